The fourth-order valence-electron chi connectivity index (χ4n) is 3.75. The monoisotopic (exact) mass is 390 g/mol. The Labute approximate surface area is 170 Å². The van der Waals surface area contributed by atoms with E-state index < -0.39 is 0 Å². The Morgan fingerprint density at radius 1 is 1.24 bits per heavy atom. The quantitative estimate of drug-likeness (QED) is 0.675. The molecule has 150 valence electrons. The van der Waals surface area contributed by atoms with Crippen molar-refractivity contribution < 1.29 is 4.79 Å². The van der Waals surface area contributed by atoms with E-state index in [4.69, 9.17) is 0 Å². The maximum absolute atomic E-state index is 12.8. The molecule has 1 amide bonds. The summed E-state index contributed by atoms with van der Waals surface area (Å²) in [6.45, 7) is 5.52. The summed E-state index contributed by atoms with van der Waals surface area (Å²) >= 11 is 0. The van der Waals surface area contributed by atoms with Crippen molar-refractivity contribution in [1.29, 1.82) is 0 Å². The Kier molecular flexibility index (Phi) is 5.97. The van der Waals surface area contributed by atoms with Crippen LogP contribution in [0.25, 0.3) is 0 Å². The highest BCUT2D eigenvalue weighted by atomic mass is 16.2. The minimum atomic E-state index is -0.0354. The number of rotatable bonds is 6. The number of carbonyl (C=O) groups is 1. The van der Waals surface area contributed by atoms with E-state index in [1.807, 2.05) is 29.1 Å². The number of hydrogen-bond acceptors (Lipinski definition) is 5. The molecule has 3 aromatic rings. The van der Waals surface area contributed by atoms with Crippen LogP contribution >= 0.6 is 0 Å². The van der Waals surface area contributed by atoms with Gasteiger partial charge in [0.25, 0.3) is 0 Å². The third-order valence-corrected chi connectivity index (χ3v) is 5.17. The molecule has 7 heteroatoms. The van der Waals surface area contributed by atoms with Gasteiger partial charge >= 0.3 is 0 Å². The molecule has 3 heterocycles. The van der Waals surface area contributed by atoms with Crippen LogP contribution in [0.1, 0.15) is 22.7 Å². The first-order chi connectivity index (χ1) is 14.2. The first-order valence-electron chi connectivity index (χ1n) is 9.91. The third kappa shape index (κ3) is 4.88. The minimum Gasteiger partial charge on any atom is -0.314 e. The van der Waals surface area contributed by atoms with Gasteiger partial charge < -0.3 is 10.6 Å². The molecule has 1 aliphatic rings. The van der Waals surface area contributed by atoms with Gasteiger partial charge in [0.2, 0.25) is 5.91 Å². The summed E-state index contributed by atoms with van der Waals surface area (Å²) in [4.78, 5) is 19.2. The second-order valence-electron chi connectivity index (χ2n) is 7.39. The summed E-state index contributed by atoms with van der Waals surface area (Å²) in [6, 6.07) is 14.3. The molecule has 4 rings (SSSR count). The fourth-order valence-corrected chi connectivity index (χ4v) is 3.75. The first-order valence-corrected chi connectivity index (χ1v) is 9.91. The number of nitrogens with one attached hydrogen (secondary N) is 2. The summed E-state index contributed by atoms with van der Waals surface area (Å²) in [5.41, 5.74) is 3.49. The summed E-state index contributed by atoms with van der Waals surface area (Å²) in [5.74, 6) is 0.677. The normalized spacial score (nSPS) is 17.2. The number of amides is 1. The van der Waals surface area contributed by atoms with Crippen molar-refractivity contribution in [3.8, 4) is 0 Å². The van der Waals surface area contributed by atoms with Gasteiger partial charge in [-0.2, -0.15) is 5.10 Å². The van der Waals surface area contributed by atoms with Crippen LogP contribution in [-0.4, -0.2) is 51.8 Å². The molecule has 1 aliphatic heterocycles. The van der Waals surface area contributed by atoms with Crippen LogP contribution in [0.3, 0.4) is 0 Å². The molecule has 2 N–H and O–H groups in total. The molecule has 1 saturated heterocycles. The second kappa shape index (κ2) is 8.98. The van der Waals surface area contributed by atoms with E-state index in [-0.39, 0.29) is 11.9 Å². The SMILES string of the molecule is Cc1cccc(Cn2nccc2NC(=O)CN2CCNCC2c2cccnc2)c1. The molecular weight excluding hydrogens is 364 g/mol. The van der Waals surface area contributed by atoms with Crippen LogP contribution in [0.2, 0.25) is 0 Å². The van der Waals surface area contributed by atoms with Crippen LogP contribution in [0, 0.1) is 6.92 Å². The van der Waals surface area contributed by atoms with Gasteiger partial charge in [0.05, 0.1) is 19.3 Å². The number of piperazine rings is 1. The van der Waals surface area contributed by atoms with E-state index in [1.165, 1.54) is 5.56 Å². The number of benzene rings is 1. The Morgan fingerprint density at radius 2 is 2.17 bits per heavy atom. The van der Waals surface area contributed by atoms with Crippen molar-refractivity contribution in [1.82, 2.24) is 25.0 Å². The van der Waals surface area contributed by atoms with Gasteiger partial charge in [-0.1, -0.05) is 35.9 Å². The van der Waals surface area contributed by atoms with Crippen molar-refractivity contribution in [3.05, 3.63) is 77.7 Å². The van der Waals surface area contributed by atoms with Crippen molar-refractivity contribution >= 4 is 11.7 Å². The fraction of sp³-hybridized carbons (Fsp3) is 0.318. The van der Waals surface area contributed by atoms with Crippen LogP contribution < -0.4 is 10.6 Å². The van der Waals surface area contributed by atoms with Crippen molar-refractivity contribution in [2.24, 2.45) is 0 Å². The minimum absolute atomic E-state index is 0.0354. The highest BCUT2D eigenvalue weighted by molar-refractivity contribution is 5.91. The number of anilines is 1. The molecule has 0 bridgehead atoms. The molecular formula is C22H26N6O. The Hall–Kier alpha value is -3.03. The molecule has 29 heavy (non-hydrogen) atoms. The molecule has 7 nitrogen and oxygen atoms in total. The Balaban J connectivity index is 1.41. The molecule has 1 unspecified atom stereocenters. The number of carbonyl (C=O) groups excluding carboxylic acids is 1. The van der Waals surface area contributed by atoms with Gasteiger partial charge in [0.15, 0.2) is 0 Å². The molecule has 0 saturated carbocycles. The van der Waals surface area contributed by atoms with Gasteiger partial charge in [0, 0.05) is 44.1 Å². The summed E-state index contributed by atoms with van der Waals surface area (Å²) in [6.07, 6.45) is 5.36. The zero-order chi connectivity index (χ0) is 20.1. The van der Waals surface area contributed by atoms with Crippen molar-refractivity contribution in [2.75, 3.05) is 31.5 Å². The maximum atomic E-state index is 12.8. The number of aryl methyl sites for hydroxylation is 1. The van der Waals surface area contributed by atoms with Crippen LogP contribution in [0.15, 0.2) is 61.1 Å². The van der Waals surface area contributed by atoms with Crippen molar-refractivity contribution in [3.63, 3.8) is 0 Å². The predicted molar refractivity (Wildman–Crippen MR) is 113 cm³/mol. The lowest BCUT2D eigenvalue weighted by Gasteiger charge is -2.35. The highest BCUT2D eigenvalue weighted by Crippen LogP contribution is 2.21. The predicted octanol–water partition coefficient (Wildman–Crippen LogP) is 2.22. The number of pyridine rings is 1. The van der Waals surface area contributed by atoms with Gasteiger partial charge in [-0.3, -0.25) is 14.7 Å². The summed E-state index contributed by atoms with van der Waals surface area (Å²) < 4.78 is 1.82. The lowest BCUT2D eigenvalue weighted by molar-refractivity contribution is -0.118. The van der Waals surface area contributed by atoms with Crippen LogP contribution in [0.5, 0.6) is 0 Å². The van der Waals surface area contributed by atoms with E-state index in [2.05, 4.69) is 56.8 Å². The van der Waals surface area contributed by atoms with Gasteiger partial charge in [0.1, 0.15) is 5.82 Å². The van der Waals surface area contributed by atoms with E-state index in [1.54, 1.807) is 12.4 Å². The van der Waals surface area contributed by atoms with E-state index >= 15 is 0 Å². The number of aromatic nitrogens is 3. The number of hydrogen-bond donors (Lipinski definition) is 2. The third-order valence-electron chi connectivity index (χ3n) is 5.17. The first kappa shape index (κ1) is 19.3. The second-order valence-corrected chi connectivity index (χ2v) is 7.39. The lowest BCUT2D eigenvalue weighted by atomic mass is 10.1. The Bertz CT molecular complexity index is 955. The maximum Gasteiger partial charge on any atom is 0.239 e. The molecule has 1 fully saturated rings. The molecule has 2 aromatic heterocycles. The van der Waals surface area contributed by atoms with E-state index in [9.17, 15) is 4.79 Å². The topological polar surface area (TPSA) is 75.1 Å². The lowest BCUT2D eigenvalue weighted by Crippen LogP contribution is -2.48. The van der Waals surface area contributed by atoms with E-state index in [0.29, 0.717) is 18.9 Å². The highest BCUT2D eigenvalue weighted by Gasteiger charge is 2.25. The summed E-state index contributed by atoms with van der Waals surface area (Å²) in [7, 11) is 0. The zero-order valence-corrected chi connectivity index (χ0v) is 16.6. The Morgan fingerprint density at radius 3 is 3.00 bits per heavy atom. The van der Waals surface area contributed by atoms with Gasteiger partial charge in [-0.25, -0.2) is 4.68 Å². The molecule has 0 aliphatic carbocycles. The van der Waals surface area contributed by atoms with Crippen molar-refractivity contribution in [2.45, 2.75) is 19.5 Å². The van der Waals surface area contributed by atoms with E-state index in [0.717, 1.165) is 30.8 Å². The van der Waals surface area contributed by atoms with Gasteiger partial charge in [-0.15, -0.1) is 0 Å². The average molecular weight is 390 g/mol. The standard InChI is InChI=1S/C22H26N6O/c1-17-4-2-5-18(12-17)15-28-21(7-9-25-28)26-22(29)16-27-11-10-24-14-20(27)19-6-3-8-23-13-19/h2-9,12-13,20,24H,10-11,14-16H2,1H3,(H,26,29). The average Bonchev–Trinajstić information content (AvgIpc) is 3.15. The van der Waals surface area contributed by atoms with Crippen LogP contribution in [-0.2, 0) is 11.3 Å². The largest absolute Gasteiger partial charge is 0.314 e. The smallest absolute Gasteiger partial charge is 0.239 e. The molecule has 1 aromatic carbocycles. The molecule has 0 radical (unpaired) electrons. The van der Waals surface area contributed by atoms with Gasteiger partial charge in [-0.05, 0) is 24.1 Å². The molecule has 1 atom stereocenters. The van der Waals surface area contributed by atoms with Crippen LogP contribution in [0.4, 0.5) is 5.82 Å². The summed E-state index contributed by atoms with van der Waals surface area (Å²) in [5, 5.41) is 10.8. The molecule has 0 spiro atoms. The zero-order valence-electron chi connectivity index (χ0n) is 16.6. The number of nitrogens with zero attached hydrogens (tertiary/aromatic N) is 4.